The maximum absolute atomic E-state index is 6.07. The second-order valence-corrected chi connectivity index (χ2v) is 7.67. The minimum atomic E-state index is 0.552. The summed E-state index contributed by atoms with van der Waals surface area (Å²) in [6, 6.07) is 32.3. The molecule has 136 valence electrons. The Labute approximate surface area is 165 Å². The molecule has 0 aliphatic heterocycles. The van der Waals surface area contributed by atoms with Crippen LogP contribution in [-0.2, 0) is 0 Å². The number of furan rings is 1. The summed E-state index contributed by atoms with van der Waals surface area (Å²) in [7, 11) is 0. The van der Waals surface area contributed by atoms with Crippen LogP contribution < -0.4 is 0 Å². The van der Waals surface area contributed by atoms with Gasteiger partial charge in [-0.1, -0.05) is 80.6 Å². The first kappa shape index (κ1) is 16.8. The van der Waals surface area contributed by atoms with Gasteiger partial charge < -0.3 is 4.42 Å². The summed E-state index contributed by atoms with van der Waals surface area (Å²) >= 11 is 0. The second kappa shape index (κ2) is 6.69. The fourth-order valence-corrected chi connectivity index (χ4v) is 3.84. The van der Waals surface area contributed by atoms with E-state index in [1.807, 2.05) is 12.1 Å². The molecule has 1 aromatic heterocycles. The molecule has 0 fully saturated rings. The van der Waals surface area contributed by atoms with Crippen molar-refractivity contribution in [3.63, 3.8) is 0 Å². The van der Waals surface area contributed by atoms with Gasteiger partial charge in [-0.2, -0.15) is 0 Å². The molecule has 4 aromatic carbocycles. The zero-order valence-electron chi connectivity index (χ0n) is 16.1. The molecule has 0 radical (unpaired) electrons. The number of hydrogen-bond acceptors (Lipinski definition) is 1. The first-order valence-corrected chi connectivity index (χ1v) is 9.81. The molecule has 28 heavy (non-hydrogen) atoms. The molecule has 5 aromatic rings. The molecule has 0 spiro atoms. The van der Waals surface area contributed by atoms with Gasteiger partial charge in [0.25, 0.3) is 0 Å². The highest BCUT2D eigenvalue weighted by atomic mass is 16.3. The fraction of sp³-hybridized carbons (Fsp3) is 0.111. The van der Waals surface area contributed by atoms with E-state index in [9.17, 15) is 0 Å². The lowest BCUT2D eigenvalue weighted by Crippen LogP contribution is -1.87. The van der Waals surface area contributed by atoms with Crippen LogP contribution in [0, 0.1) is 0 Å². The molecule has 0 N–H and O–H groups in total. The highest BCUT2D eigenvalue weighted by Crippen LogP contribution is 2.33. The van der Waals surface area contributed by atoms with Gasteiger partial charge in [0.15, 0.2) is 0 Å². The van der Waals surface area contributed by atoms with Gasteiger partial charge in [0.2, 0.25) is 0 Å². The quantitative estimate of drug-likeness (QED) is 0.316. The maximum Gasteiger partial charge on any atom is 0.136 e. The summed E-state index contributed by atoms with van der Waals surface area (Å²) in [5.41, 5.74) is 8.10. The summed E-state index contributed by atoms with van der Waals surface area (Å²) in [5, 5.41) is 2.34. The molecule has 0 amide bonds. The summed E-state index contributed by atoms with van der Waals surface area (Å²) in [5.74, 6) is 0.552. The van der Waals surface area contributed by atoms with Gasteiger partial charge in [-0.25, -0.2) is 0 Å². The second-order valence-electron chi connectivity index (χ2n) is 7.67. The number of benzene rings is 4. The molecule has 0 atom stereocenters. The van der Waals surface area contributed by atoms with Gasteiger partial charge in [-0.05, 0) is 58.0 Å². The van der Waals surface area contributed by atoms with Gasteiger partial charge in [-0.15, -0.1) is 0 Å². The molecule has 0 unspecified atom stereocenters. The van der Waals surface area contributed by atoms with Crippen LogP contribution in [0.3, 0.4) is 0 Å². The van der Waals surface area contributed by atoms with Crippen molar-refractivity contribution in [1.29, 1.82) is 0 Å². The van der Waals surface area contributed by atoms with Gasteiger partial charge >= 0.3 is 0 Å². The molecular weight excluding hydrogens is 340 g/mol. The van der Waals surface area contributed by atoms with Gasteiger partial charge in [0.1, 0.15) is 11.2 Å². The predicted molar refractivity (Wildman–Crippen MR) is 119 cm³/mol. The van der Waals surface area contributed by atoms with E-state index in [0.29, 0.717) is 5.92 Å². The van der Waals surface area contributed by atoms with E-state index in [2.05, 4.69) is 92.7 Å². The van der Waals surface area contributed by atoms with Gasteiger partial charge in [-0.3, -0.25) is 0 Å². The van der Waals surface area contributed by atoms with Crippen molar-refractivity contribution in [2.45, 2.75) is 19.8 Å². The Morgan fingerprint density at radius 3 is 1.96 bits per heavy atom. The van der Waals surface area contributed by atoms with Gasteiger partial charge in [0, 0.05) is 10.8 Å². The molecule has 0 aliphatic rings. The van der Waals surface area contributed by atoms with Crippen LogP contribution >= 0.6 is 0 Å². The van der Waals surface area contributed by atoms with E-state index < -0.39 is 0 Å². The van der Waals surface area contributed by atoms with Crippen LogP contribution in [0.15, 0.2) is 95.4 Å². The lowest BCUT2D eigenvalue weighted by Gasteiger charge is -2.09. The van der Waals surface area contributed by atoms with Crippen molar-refractivity contribution in [2.24, 2.45) is 0 Å². The van der Waals surface area contributed by atoms with Crippen LogP contribution in [0.25, 0.3) is 44.2 Å². The Kier molecular flexibility index (Phi) is 4.02. The lowest BCUT2D eigenvalue weighted by atomic mass is 9.96. The smallest absolute Gasteiger partial charge is 0.136 e. The van der Waals surface area contributed by atoms with Crippen LogP contribution in [0.5, 0.6) is 0 Å². The Hall–Kier alpha value is -3.32. The van der Waals surface area contributed by atoms with Crippen molar-refractivity contribution in [3.8, 4) is 22.3 Å². The van der Waals surface area contributed by atoms with E-state index in [1.54, 1.807) is 0 Å². The Bertz CT molecular complexity index is 1270. The number of fused-ring (bicyclic) bond motifs is 3. The number of hydrogen-bond donors (Lipinski definition) is 0. The first-order chi connectivity index (χ1) is 13.7. The first-order valence-electron chi connectivity index (χ1n) is 9.81. The number of para-hydroxylation sites is 1. The Balaban J connectivity index is 1.56. The van der Waals surface area contributed by atoms with Gasteiger partial charge in [0.05, 0.1) is 0 Å². The van der Waals surface area contributed by atoms with E-state index in [1.165, 1.54) is 38.6 Å². The van der Waals surface area contributed by atoms with Crippen LogP contribution in [0.2, 0.25) is 0 Å². The maximum atomic E-state index is 6.07. The van der Waals surface area contributed by atoms with Crippen LogP contribution in [-0.4, -0.2) is 0 Å². The fourth-order valence-electron chi connectivity index (χ4n) is 3.84. The topological polar surface area (TPSA) is 13.1 Å². The van der Waals surface area contributed by atoms with Crippen molar-refractivity contribution < 1.29 is 4.42 Å². The third-order valence-electron chi connectivity index (χ3n) is 5.49. The largest absolute Gasteiger partial charge is 0.456 e. The van der Waals surface area contributed by atoms with E-state index in [-0.39, 0.29) is 0 Å². The molecule has 0 saturated carbocycles. The SMILES string of the molecule is CC(C)c1ccc(-c2cccc(-c3ccc4c(c3)oc3ccccc34)c2)cc1. The summed E-state index contributed by atoms with van der Waals surface area (Å²) < 4.78 is 6.07. The molecule has 1 heteroatoms. The lowest BCUT2D eigenvalue weighted by molar-refractivity contribution is 0.669. The highest BCUT2D eigenvalue weighted by Gasteiger charge is 2.09. The Morgan fingerprint density at radius 1 is 0.536 bits per heavy atom. The molecule has 1 heterocycles. The molecule has 5 rings (SSSR count). The molecule has 0 aliphatic carbocycles. The third-order valence-corrected chi connectivity index (χ3v) is 5.49. The zero-order chi connectivity index (χ0) is 19.1. The van der Waals surface area contributed by atoms with E-state index >= 15 is 0 Å². The monoisotopic (exact) mass is 362 g/mol. The third kappa shape index (κ3) is 2.90. The van der Waals surface area contributed by atoms with Crippen molar-refractivity contribution in [1.82, 2.24) is 0 Å². The van der Waals surface area contributed by atoms with E-state index in [4.69, 9.17) is 4.42 Å². The standard InChI is InChI=1S/C27H22O/c1-18(2)19-10-12-20(13-11-19)21-6-5-7-22(16-21)23-14-15-25-24-8-3-4-9-26(24)28-27(25)17-23/h3-18H,1-2H3. The van der Waals surface area contributed by atoms with E-state index in [0.717, 1.165) is 11.2 Å². The van der Waals surface area contributed by atoms with Crippen LogP contribution in [0.1, 0.15) is 25.3 Å². The molecule has 0 bridgehead atoms. The molecular formula is C27H22O. The predicted octanol–water partition coefficient (Wildman–Crippen LogP) is 8.04. The highest BCUT2D eigenvalue weighted by molar-refractivity contribution is 6.05. The average Bonchev–Trinajstić information content (AvgIpc) is 3.12. The number of rotatable bonds is 3. The van der Waals surface area contributed by atoms with Crippen molar-refractivity contribution in [2.75, 3.05) is 0 Å². The van der Waals surface area contributed by atoms with Crippen molar-refractivity contribution >= 4 is 21.9 Å². The minimum Gasteiger partial charge on any atom is -0.456 e. The van der Waals surface area contributed by atoms with Crippen molar-refractivity contribution in [3.05, 3.63) is 96.6 Å². The summed E-state index contributed by atoms with van der Waals surface area (Å²) in [4.78, 5) is 0. The summed E-state index contributed by atoms with van der Waals surface area (Å²) in [6.45, 7) is 4.45. The average molecular weight is 362 g/mol. The zero-order valence-corrected chi connectivity index (χ0v) is 16.1. The molecule has 1 nitrogen and oxygen atoms in total. The Morgan fingerprint density at radius 2 is 1.18 bits per heavy atom. The van der Waals surface area contributed by atoms with Crippen LogP contribution in [0.4, 0.5) is 0 Å². The minimum absolute atomic E-state index is 0.552. The molecule has 0 saturated heterocycles. The summed E-state index contributed by atoms with van der Waals surface area (Å²) in [6.07, 6.45) is 0. The normalized spacial score (nSPS) is 11.5.